The summed E-state index contributed by atoms with van der Waals surface area (Å²) in [6.45, 7) is 14.7. The van der Waals surface area contributed by atoms with Crippen molar-refractivity contribution < 1.29 is 19.1 Å². The first-order valence-electron chi connectivity index (χ1n) is 22.7. The molecule has 0 aliphatic heterocycles. The second-order valence-electron chi connectivity index (χ2n) is 15.6. The highest BCUT2D eigenvalue weighted by Gasteiger charge is 2.20. The van der Waals surface area contributed by atoms with Crippen LogP contribution in [0.3, 0.4) is 0 Å². The van der Waals surface area contributed by atoms with Crippen LogP contribution in [0.5, 0.6) is 0 Å². The van der Waals surface area contributed by atoms with Crippen molar-refractivity contribution in [1.82, 2.24) is 10.2 Å². The van der Waals surface area contributed by atoms with E-state index in [2.05, 4.69) is 45.0 Å². The van der Waals surface area contributed by atoms with Crippen molar-refractivity contribution in [2.75, 3.05) is 46.4 Å². The fraction of sp³-hybridized carbons (Fsp3) is 0.956. The Balaban J connectivity index is 3.91. The lowest BCUT2D eigenvalue weighted by Crippen LogP contribution is -2.32. The lowest BCUT2D eigenvalue weighted by molar-refractivity contribution is -0.150. The van der Waals surface area contributed by atoms with E-state index in [1.165, 1.54) is 129 Å². The molecule has 2 atom stereocenters. The van der Waals surface area contributed by atoms with E-state index < -0.39 is 0 Å². The maximum atomic E-state index is 12.6. The average molecular weight is 723 g/mol. The van der Waals surface area contributed by atoms with Gasteiger partial charge in [0.15, 0.2) is 0 Å². The normalized spacial score (nSPS) is 12.7. The Bertz CT molecular complexity index is 677. The van der Waals surface area contributed by atoms with Crippen LogP contribution >= 0.6 is 0 Å². The summed E-state index contributed by atoms with van der Waals surface area (Å²) < 4.78 is 11.4. The molecule has 51 heavy (non-hydrogen) atoms. The molecule has 0 fully saturated rings. The Labute approximate surface area is 319 Å². The lowest BCUT2D eigenvalue weighted by Gasteiger charge is -2.22. The summed E-state index contributed by atoms with van der Waals surface area (Å²) in [5, 5.41) is 3.33. The molecule has 2 unspecified atom stereocenters. The van der Waals surface area contributed by atoms with Gasteiger partial charge in [-0.25, -0.2) is 0 Å². The number of carbonyl (C=O) groups excluding carboxylic acids is 2. The Kier molecular flexibility index (Phi) is 39.2. The van der Waals surface area contributed by atoms with E-state index in [9.17, 15) is 9.59 Å². The van der Waals surface area contributed by atoms with Gasteiger partial charge in [-0.15, -0.1) is 0 Å². The van der Waals surface area contributed by atoms with Gasteiger partial charge in [0.25, 0.3) is 0 Å². The van der Waals surface area contributed by atoms with E-state index in [4.69, 9.17) is 9.47 Å². The number of carbonyl (C=O) groups is 2. The Hall–Kier alpha value is -1.14. The molecule has 0 radical (unpaired) electrons. The molecule has 0 saturated heterocycles. The smallest absolute Gasteiger partial charge is 0.308 e. The number of nitrogens with zero attached hydrogens (tertiary/aromatic N) is 1. The zero-order valence-corrected chi connectivity index (χ0v) is 35.2. The van der Waals surface area contributed by atoms with E-state index in [0.29, 0.717) is 13.2 Å². The summed E-state index contributed by atoms with van der Waals surface area (Å²) >= 11 is 0. The topological polar surface area (TPSA) is 67.9 Å². The highest BCUT2D eigenvalue weighted by molar-refractivity contribution is 5.72. The van der Waals surface area contributed by atoms with Crippen LogP contribution in [-0.2, 0) is 19.1 Å². The van der Waals surface area contributed by atoms with Crippen molar-refractivity contribution >= 4 is 11.9 Å². The van der Waals surface area contributed by atoms with Crippen LogP contribution in [0.4, 0.5) is 0 Å². The van der Waals surface area contributed by atoms with Gasteiger partial charge in [-0.2, -0.15) is 0 Å². The summed E-state index contributed by atoms with van der Waals surface area (Å²) in [5.41, 5.74) is 0. The molecule has 0 heterocycles. The first-order valence-corrected chi connectivity index (χ1v) is 22.7. The van der Waals surface area contributed by atoms with Gasteiger partial charge in [0.2, 0.25) is 0 Å². The molecule has 0 aliphatic carbocycles. The molecule has 0 amide bonds. The van der Waals surface area contributed by atoms with Crippen LogP contribution in [0.25, 0.3) is 0 Å². The second kappa shape index (κ2) is 40.1. The third kappa shape index (κ3) is 33.2. The van der Waals surface area contributed by atoms with Crippen molar-refractivity contribution in [1.29, 1.82) is 0 Å². The minimum atomic E-state index is 0.0632. The molecule has 0 saturated carbocycles. The summed E-state index contributed by atoms with van der Waals surface area (Å²) in [6.07, 6.45) is 35.7. The van der Waals surface area contributed by atoms with Gasteiger partial charge in [0.1, 0.15) is 0 Å². The fourth-order valence-electron chi connectivity index (χ4n) is 7.13. The second-order valence-corrected chi connectivity index (χ2v) is 15.6. The number of nitrogens with one attached hydrogen (secondary N) is 1. The molecule has 0 spiro atoms. The third-order valence-corrected chi connectivity index (χ3v) is 10.7. The average Bonchev–Trinajstić information content (AvgIpc) is 3.14. The van der Waals surface area contributed by atoms with E-state index in [0.717, 1.165) is 90.1 Å². The molecular formula is C45H90N2O4. The van der Waals surface area contributed by atoms with Gasteiger partial charge in [-0.1, -0.05) is 169 Å². The Morgan fingerprint density at radius 2 is 0.765 bits per heavy atom. The lowest BCUT2D eigenvalue weighted by atomic mass is 9.95. The minimum Gasteiger partial charge on any atom is -0.465 e. The summed E-state index contributed by atoms with van der Waals surface area (Å²) in [4.78, 5) is 27.9. The largest absolute Gasteiger partial charge is 0.465 e. The molecule has 304 valence electrons. The molecular weight excluding hydrogens is 633 g/mol. The van der Waals surface area contributed by atoms with Gasteiger partial charge in [-0.05, 0) is 71.5 Å². The van der Waals surface area contributed by atoms with Gasteiger partial charge in [0, 0.05) is 13.1 Å². The molecule has 1 N–H and O–H groups in total. The van der Waals surface area contributed by atoms with Crippen molar-refractivity contribution in [3.63, 3.8) is 0 Å². The Morgan fingerprint density at radius 1 is 0.431 bits per heavy atom. The number of hydrogen-bond acceptors (Lipinski definition) is 6. The minimum absolute atomic E-state index is 0.0632. The van der Waals surface area contributed by atoms with Crippen LogP contribution < -0.4 is 5.32 Å². The van der Waals surface area contributed by atoms with E-state index >= 15 is 0 Å². The fourth-order valence-corrected chi connectivity index (χ4v) is 7.13. The predicted octanol–water partition coefficient (Wildman–Crippen LogP) is 12.6. The first kappa shape index (κ1) is 49.9. The summed E-state index contributed by atoms with van der Waals surface area (Å²) in [6, 6.07) is 0. The number of unbranched alkanes of at least 4 members (excludes halogenated alkanes) is 20. The quantitative estimate of drug-likeness (QED) is 0.0500. The Morgan fingerprint density at radius 3 is 1.14 bits per heavy atom. The van der Waals surface area contributed by atoms with Crippen LogP contribution in [0, 0.1) is 11.8 Å². The van der Waals surface area contributed by atoms with Gasteiger partial charge in [-0.3, -0.25) is 9.59 Å². The molecule has 6 nitrogen and oxygen atoms in total. The maximum absolute atomic E-state index is 12.6. The third-order valence-electron chi connectivity index (χ3n) is 10.7. The molecule has 6 heteroatoms. The van der Waals surface area contributed by atoms with Crippen LogP contribution in [0.15, 0.2) is 0 Å². The monoisotopic (exact) mass is 723 g/mol. The summed E-state index contributed by atoms with van der Waals surface area (Å²) in [5.74, 6) is 0.363. The highest BCUT2D eigenvalue weighted by atomic mass is 16.5. The van der Waals surface area contributed by atoms with Gasteiger partial charge >= 0.3 is 11.9 Å². The number of esters is 2. The first-order chi connectivity index (χ1) is 25.0. The number of rotatable bonds is 41. The zero-order chi connectivity index (χ0) is 37.5. The van der Waals surface area contributed by atoms with E-state index in [1.807, 2.05) is 0 Å². The van der Waals surface area contributed by atoms with Crippen LogP contribution in [0.1, 0.15) is 220 Å². The van der Waals surface area contributed by atoms with E-state index in [-0.39, 0.29) is 23.8 Å². The SMILES string of the molecule is CCCCCCC(CCCC)C(=O)OCCCCCCCCCN(CCCCCCCCCOC(=O)C(CCCC)CCCCCC)CCNC. The summed E-state index contributed by atoms with van der Waals surface area (Å²) in [7, 11) is 2.05. The van der Waals surface area contributed by atoms with Crippen molar-refractivity contribution in [2.45, 2.75) is 220 Å². The maximum Gasteiger partial charge on any atom is 0.308 e. The van der Waals surface area contributed by atoms with Crippen LogP contribution in [0.2, 0.25) is 0 Å². The molecule has 0 aliphatic rings. The van der Waals surface area contributed by atoms with Gasteiger partial charge in [0.05, 0.1) is 25.0 Å². The number of ether oxygens (including phenoxy) is 2. The van der Waals surface area contributed by atoms with Crippen molar-refractivity contribution in [2.24, 2.45) is 11.8 Å². The predicted molar refractivity (Wildman–Crippen MR) is 220 cm³/mol. The molecule has 0 aromatic carbocycles. The standard InChI is InChI=1S/C45H90N2O4/c1-6-10-14-26-34-42(32-12-8-3)44(48)50-40-30-24-20-16-18-22-28-37-47(39-36-46-5)38-29-23-19-17-21-25-31-41-51-45(49)43(33-13-9-4)35-27-15-11-7-2/h42-43,46H,6-41H2,1-5H3. The van der Waals surface area contributed by atoms with Gasteiger partial charge < -0.3 is 19.7 Å². The van der Waals surface area contributed by atoms with Crippen molar-refractivity contribution in [3.8, 4) is 0 Å². The van der Waals surface area contributed by atoms with Crippen LogP contribution in [-0.4, -0.2) is 63.3 Å². The number of hydrogen-bond donors (Lipinski definition) is 1. The zero-order valence-electron chi connectivity index (χ0n) is 35.2. The molecule has 0 aromatic heterocycles. The number of likely N-dealkylation sites (N-methyl/N-ethyl adjacent to an activating group) is 1. The highest BCUT2D eigenvalue weighted by Crippen LogP contribution is 2.21. The molecule has 0 bridgehead atoms. The van der Waals surface area contributed by atoms with Crippen molar-refractivity contribution in [3.05, 3.63) is 0 Å². The molecule has 0 rings (SSSR count). The molecule has 0 aromatic rings. The van der Waals surface area contributed by atoms with E-state index in [1.54, 1.807) is 0 Å².